The molecule has 0 N–H and O–H groups in total. The van der Waals surface area contributed by atoms with E-state index in [4.69, 9.17) is 4.74 Å². The summed E-state index contributed by atoms with van der Waals surface area (Å²) in [6, 6.07) is 7.62. The summed E-state index contributed by atoms with van der Waals surface area (Å²) in [6.45, 7) is 2.27. The molecule has 1 aromatic rings. The molecule has 3 aliphatic rings. The Balaban J connectivity index is 1.82. The van der Waals surface area contributed by atoms with E-state index in [-0.39, 0.29) is 11.2 Å². The first-order valence-corrected chi connectivity index (χ1v) is 6.70. The SMILES string of the molecule is C[C@@]12CCCC=C1[C@]1(C2)Oc2ccccc2C1=O. The summed E-state index contributed by atoms with van der Waals surface area (Å²) in [4.78, 5) is 12.6. The summed E-state index contributed by atoms with van der Waals surface area (Å²) in [6.07, 6.45) is 6.60. The highest BCUT2D eigenvalue weighted by Crippen LogP contribution is 2.62. The Morgan fingerprint density at radius 3 is 2.89 bits per heavy atom. The van der Waals surface area contributed by atoms with E-state index in [1.807, 2.05) is 24.3 Å². The molecule has 1 spiro atoms. The third-order valence-corrected chi connectivity index (χ3v) is 4.79. The molecule has 1 heterocycles. The fourth-order valence-electron chi connectivity index (χ4n) is 3.98. The highest BCUT2D eigenvalue weighted by Gasteiger charge is 2.65. The first kappa shape index (κ1) is 10.4. The fourth-order valence-corrected chi connectivity index (χ4v) is 3.98. The quantitative estimate of drug-likeness (QED) is 0.648. The van der Waals surface area contributed by atoms with Gasteiger partial charge in [0.2, 0.25) is 5.78 Å². The normalized spacial score (nSPS) is 36.5. The number of allylic oxidation sites excluding steroid dienone is 1. The minimum atomic E-state index is -0.640. The molecular formula is C16H16O2. The van der Waals surface area contributed by atoms with Gasteiger partial charge in [-0.25, -0.2) is 0 Å². The maximum absolute atomic E-state index is 12.6. The molecule has 2 atom stereocenters. The van der Waals surface area contributed by atoms with E-state index >= 15 is 0 Å². The molecule has 1 saturated carbocycles. The van der Waals surface area contributed by atoms with Crippen molar-refractivity contribution in [2.24, 2.45) is 5.41 Å². The van der Waals surface area contributed by atoms with E-state index in [0.717, 1.165) is 24.2 Å². The predicted octanol–water partition coefficient (Wildman–Crippen LogP) is 3.52. The lowest BCUT2D eigenvalue weighted by atomic mass is 9.51. The third-order valence-electron chi connectivity index (χ3n) is 4.79. The smallest absolute Gasteiger partial charge is 0.214 e. The molecule has 0 aromatic heterocycles. The van der Waals surface area contributed by atoms with E-state index in [9.17, 15) is 4.79 Å². The van der Waals surface area contributed by atoms with Crippen LogP contribution in [0.3, 0.4) is 0 Å². The predicted molar refractivity (Wildman–Crippen MR) is 68.8 cm³/mol. The van der Waals surface area contributed by atoms with Crippen LogP contribution in [0, 0.1) is 5.41 Å². The van der Waals surface area contributed by atoms with Gasteiger partial charge in [0, 0.05) is 6.42 Å². The lowest BCUT2D eigenvalue weighted by molar-refractivity contribution is -0.00593. The maximum atomic E-state index is 12.6. The van der Waals surface area contributed by atoms with Crippen LogP contribution in [0.1, 0.15) is 43.0 Å². The lowest BCUT2D eigenvalue weighted by Gasteiger charge is -2.55. The van der Waals surface area contributed by atoms with Gasteiger partial charge in [-0.1, -0.05) is 25.1 Å². The minimum absolute atomic E-state index is 0.170. The lowest BCUT2D eigenvalue weighted by Crippen LogP contribution is -2.60. The number of Topliss-reactive ketones (excluding diaryl/α,β-unsaturated/α-hetero) is 1. The van der Waals surface area contributed by atoms with Crippen LogP contribution in [0.15, 0.2) is 35.9 Å². The first-order valence-electron chi connectivity index (χ1n) is 6.70. The van der Waals surface area contributed by atoms with E-state index in [1.165, 1.54) is 18.4 Å². The Morgan fingerprint density at radius 2 is 2.11 bits per heavy atom. The number of carbonyl (C=O) groups excluding carboxylic acids is 1. The van der Waals surface area contributed by atoms with Crippen LogP contribution in [0.5, 0.6) is 5.75 Å². The van der Waals surface area contributed by atoms with Gasteiger partial charge in [0.15, 0.2) is 5.60 Å². The van der Waals surface area contributed by atoms with Gasteiger partial charge < -0.3 is 4.74 Å². The summed E-state index contributed by atoms with van der Waals surface area (Å²) in [5.74, 6) is 0.930. The summed E-state index contributed by atoms with van der Waals surface area (Å²) in [5.41, 5.74) is 1.56. The number of hydrogen-bond donors (Lipinski definition) is 0. The van der Waals surface area contributed by atoms with Crippen molar-refractivity contribution in [1.82, 2.24) is 0 Å². The van der Waals surface area contributed by atoms with Crippen molar-refractivity contribution in [2.45, 2.75) is 38.2 Å². The van der Waals surface area contributed by atoms with Gasteiger partial charge in [-0.3, -0.25) is 4.79 Å². The van der Waals surface area contributed by atoms with Gasteiger partial charge in [-0.2, -0.15) is 0 Å². The van der Waals surface area contributed by atoms with Gasteiger partial charge in [0.25, 0.3) is 0 Å². The van der Waals surface area contributed by atoms with Crippen molar-refractivity contribution in [1.29, 1.82) is 0 Å². The number of para-hydroxylation sites is 1. The average molecular weight is 240 g/mol. The molecule has 18 heavy (non-hydrogen) atoms. The number of benzene rings is 1. The van der Waals surface area contributed by atoms with Crippen LogP contribution in [-0.4, -0.2) is 11.4 Å². The number of ether oxygens (including phenoxy) is 1. The molecule has 2 nitrogen and oxygen atoms in total. The van der Waals surface area contributed by atoms with Crippen molar-refractivity contribution >= 4 is 5.78 Å². The molecule has 0 unspecified atom stereocenters. The number of fused-ring (bicyclic) bond motifs is 3. The Bertz CT molecular complexity index is 587. The number of rotatable bonds is 0. The molecule has 0 saturated heterocycles. The molecule has 0 amide bonds. The summed E-state index contributed by atoms with van der Waals surface area (Å²) in [5, 5.41) is 0. The van der Waals surface area contributed by atoms with Crippen molar-refractivity contribution in [2.75, 3.05) is 0 Å². The van der Waals surface area contributed by atoms with Crippen LogP contribution >= 0.6 is 0 Å². The van der Waals surface area contributed by atoms with Crippen LogP contribution < -0.4 is 4.74 Å². The Hall–Kier alpha value is -1.57. The standard InChI is InChI=1S/C16H16O2/c1-15-9-5-4-8-13(15)16(10-15)14(17)11-6-2-3-7-12(11)18-16/h2-3,6-8H,4-5,9-10H2,1H3/t15-,16-/m0/s1. The van der Waals surface area contributed by atoms with Crippen LogP contribution in [-0.2, 0) is 0 Å². The summed E-state index contributed by atoms with van der Waals surface area (Å²) >= 11 is 0. The zero-order chi connectivity index (χ0) is 12.4. The molecule has 92 valence electrons. The van der Waals surface area contributed by atoms with Gasteiger partial charge in [-0.05, 0) is 42.4 Å². The second-order valence-corrected chi connectivity index (χ2v) is 6.00. The summed E-state index contributed by atoms with van der Waals surface area (Å²) in [7, 11) is 0. The highest BCUT2D eigenvalue weighted by atomic mass is 16.5. The zero-order valence-corrected chi connectivity index (χ0v) is 10.5. The molecule has 2 aliphatic carbocycles. The second-order valence-electron chi connectivity index (χ2n) is 6.00. The van der Waals surface area contributed by atoms with Crippen molar-refractivity contribution in [3.63, 3.8) is 0 Å². The van der Waals surface area contributed by atoms with Crippen molar-refractivity contribution in [3.8, 4) is 5.75 Å². The number of carbonyl (C=O) groups is 1. The topological polar surface area (TPSA) is 26.3 Å². The molecule has 4 rings (SSSR count). The average Bonchev–Trinajstić information content (AvgIpc) is 2.64. The van der Waals surface area contributed by atoms with Crippen molar-refractivity contribution in [3.05, 3.63) is 41.5 Å². The molecule has 1 aliphatic heterocycles. The van der Waals surface area contributed by atoms with E-state index in [0.29, 0.717) is 0 Å². The van der Waals surface area contributed by atoms with Gasteiger partial charge in [0.1, 0.15) is 5.75 Å². The molecule has 0 bridgehead atoms. The molecule has 1 fully saturated rings. The van der Waals surface area contributed by atoms with Crippen molar-refractivity contribution < 1.29 is 9.53 Å². The van der Waals surface area contributed by atoms with E-state index in [1.54, 1.807) is 0 Å². The fraction of sp³-hybridized carbons (Fsp3) is 0.438. The Labute approximate surface area is 107 Å². The number of hydrogen-bond acceptors (Lipinski definition) is 2. The zero-order valence-electron chi connectivity index (χ0n) is 10.5. The van der Waals surface area contributed by atoms with E-state index < -0.39 is 5.60 Å². The van der Waals surface area contributed by atoms with E-state index in [2.05, 4.69) is 13.0 Å². The first-order chi connectivity index (χ1) is 8.66. The van der Waals surface area contributed by atoms with Crippen LogP contribution in [0.25, 0.3) is 0 Å². The van der Waals surface area contributed by atoms with Crippen LogP contribution in [0.4, 0.5) is 0 Å². The van der Waals surface area contributed by atoms with Gasteiger partial charge >= 0.3 is 0 Å². The van der Waals surface area contributed by atoms with Gasteiger partial charge in [0.05, 0.1) is 5.56 Å². The molecule has 0 radical (unpaired) electrons. The largest absolute Gasteiger partial charge is 0.474 e. The minimum Gasteiger partial charge on any atom is -0.474 e. The Morgan fingerprint density at radius 1 is 1.28 bits per heavy atom. The molecule has 2 heteroatoms. The highest BCUT2D eigenvalue weighted by molar-refractivity contribution is 6.11. The number of ketones is 1. The summed E-state index contributed by atoms with van der Waals surface area (Å²) < 4.78 is 6.06. The van der Waals surface area contributed by atoms with Crippen LogP contribution in [0.2, 0.25) is 0 Å². The maximum Gasteiger partial charge on any atom is 0.214 e. The third kappa shape index (κ3) is 1.02. The molecule has 1 aromatic carbocycles. The molecular weight excluding hydrogens is 224 g/mol. The van der Waals surface area contributed by atoms with Gasteiger partial charge in [-0.15, -0.1) is 0 Å². The second kappa shape index (κ2) is 3.05. The Kier molecular flexibility index (Phi) is 1.76. The monoisotopic (exact) mass is 240 g/mol.